The van der Waals surface area contributed by atoms with Gasteiger partial charge < -0.3 is 9.64 Å². The van der Waals surface area contributed by atoms with Crippen molar-refractivity contribution in [3.63, 3.8) is 0 Å². The predicted molar refractivity (Wildman–Crippen MR) is 105 cm³/mol. The van der Waals surface area contributed by atoms with E-state index in [1.807, 2.05) is 36.5 Å². The van der Waals surface area contributed by atoms with Crippen molar-refractivity contribution in [3.8, 4) is 5.75 Å². The zero-order chi connectivity index (χ0) is 18.6. The van der Waals surface area contributed by atoms with Crippen LogP contribution in [0.4, 0.5) is 0 Å². The van der Waals surface area contributed by atoms with Crippen LogP contribution >= 0.6 is 0 Å². The van der Waals surface area contributed by atoms with E-state index in [9.17, 15) is 4.79 Å². The Morgan fingerprint density at radius 2 is 2.11 bits per heavy atom. The zero-order valence-electron chi connectivity index (χ0n) is 15.5. The SMILES string of the molecule is C=CCOc1ccc(C(=O)N2CC[C@H]3CN(Cc4cccnc4)C[C@H]32)cc1. The summed E-state index contributed by atoms with van der Waals surface area (Å²) < 4.78 is 5.50. The van der Waals surface area contributed by atoms with Gasteiger partial charge in [-0.2, -0.15) is 0 Å². The first-order valence-corrected chi connectivity index (χ1v) is 9.50. The highest BCUT2D eigenvalue weighted by Gasteiger charge is 2.43. The fraction of sp³-hybridized carbons (Fsp3) is 0.364. The molecule has 2 aliphatic rings. The molecule has 0 N–H and O–H groups in total. The number of pyridine rings is 1. The van der Waals surface area contributed by atoms with Gasteiger partial charge in [0.05, 0.1) is 0 Å². The van der Waals surface area contributed by atoms with Crippen molar-refractivity contribution >= 4 is 5.91 Å². The Labute approximate surface area is 160 Å². The van der Waals surface area contributed by atoms with Gasteiger partial charge in [-0.25, -0.2) is 0 Å². The van der Waals surface area contributed by atoms with Crippen molar-refractivity contribution in [2.75, 3.05) is 26.2 Å². The number of carbonyl (C=O) groups excluding carboxylic acids is 1. The molecule has 0 saturated carbocycles. The second kappa shape index (κ2) is 7.92. The highest BCUT2D eigenvalue weighted by atomic mass is 16.5. The van der Waals surface area contributed by atoms with Gasteiger partial charge in [0.25, 0.3) is 5.91 Å². The molecule has 0 bridgehead atoms. The summed E-state index contributed by atoms with van der Waals surface area (Å²) in [6.45, 7) is 7.85. The van der Waals surface area contributed by atoms with Crippen molar-refractivity contribution < 1.29 is 9.53 Å². The number of hydrogen-bond acceptors (Lipinski definition) is 4. The van der Waals surface area contributed by atoms with Crippen LogP contribution in [0.1, 0.15) is 22.3 Å². The van der Waals surface area contributed by atoms with Gasteiger partial charge in [-0.1, -0.05) is 18.7 Å². The molecular formula is C22H25N3O2. The van der Waals surface area contributed by atoms with Crippen molar-refractivity contribution in [1.82, 2.24) is 14.8 Å². The van der Waals surface area contributed by atoms with Gasteiger partial charge in [0, 0.05) is 50.2 Å². The maximum Gasteiger partial charge on any atom is 0.254 e. The molecule has 140 valence electrons. The maximum absolute atomic E-state index is 13.0. The minimum atomic E-state index is 0.126. The smallest absolute Gasteiger partial charge is 0.254 e. The second-order valence-electron chi connectivity index (χ2n) is 7.29. The topological polar surface area (TPSA) is 45.7 Å². The third-order valence-electron chi connectivity index (χ3n) is 5.48. The number of aromatic nitrogens is 1. The Morgan fingerprint density at radius 3 is 2.85 bits per heavy atom. The summed E-state index contributed by atoms with van der Waals surface area (Å²) in [6.07, 6.45) is 6.52. The number of likely N-dealkylation sites (tertiary alicyclic amines) is 2. The first kappa shape index (κ1) is 17.7. The van der Waals surface area contributed by atoms with Gasteiger partial charge in [-0.15, -0.1) is 0 Å². The molecule has 1 aromatic carbocycles. The molecule has 5 heteroatoms. The second-order valence-corrected chi connectivity index (χ2v) is 7.29. The molecule has 0 unspecified atom stereocenters. The van der Waals surface area contributed by atoms with Gasteiger partial charge >= 0.3 is 0 Å². The number of benzene rings is 1. The van der Waals surface area contributed by atoms with E-state index in [4.69, 9.17) is 4.74 Å². The molecule has 4 rings (SSSR count). The van der Waals surface area contributed by atoms with Gasteiger partial charge in [0.1, 0.15) is 12.4 Å². The summed E-state index contributed by atoms with van der Waals surface area (Å²) in [5.41, 5.74) is 1.96. The average molecular weight is 363 g/mol. The zero-order valence-corrected chi connectivity index (χ0v) is 15.5. The Hall–Kier alpha value is -2.66. The van der Waals surface area contributed by atoms with E-state index in [-0.39, 0.29) is 5.91 Å². The molecule has 5 nitrogen and oxygen atoms in total. The van der Waals surface area contributed by atoms with Crippen molar-refractivity contribution in [3.05, 3.63) is 72.6 Å². The van der Waals surface area contributed by atoms with Crippen LogP contribution in [0.2, 0.25) is 0 Å². The molecule has 0 radical (unpaired) electrons. The van der Waals surface area contributed by atoms with E-state index in [0.29, 0.717) is 18.6 Å². The van der Waals surface area contributed by atoms with Gasteiger partial charge in [-0.05, 0) is 48.2 Å². The predicted octanol–water partition coefficient (Wildman–Crippen LogP) is 2.99. The number of fused-ring (bicyclic) bond motifs is 1. The van der Waals surface area contributed by atoms with Gasteiger partial charge in [0.2, 0.25) is 0 Å². The molecule has 1 aromatic heterocycles. The van der Waals surface area contributed by atoms with Gasteiger partial charge in [-0.3, -0.25) is 14.7 Å². The van der Waals surface area contributed by atoms with Crippen LogP contribution in [0.25, 0.3) is 0 Å². The Bertz CT molecular complexity index is 791. The number of amides is 1. The maximum atomic E-state index is 13.0. The summed E-state index contributed by atoms with van der Waals surface area (Å²) in [6, 6.07) is 11.8. The lowest BCUT2D eigenvalue weighted by molar-refractivity contribution is 0.0726. The first-order chi connectivity index (χ1) is 13.2. The van der Waals surface area contributed by atoms with Crippen LogP contribution in [0, 0.1) is 5.92 Å². The third-order valence-corrected chi connectivity index (χ3v) is 5.48. The molecule has 2 atom stereocenters. The van der Waals surface area contributed by atoms with Crippen LogP contribution in [0.3, 0.4) is 0 Å². The largest absolute Gasteiger partial charge is 0.490 e. The summed E-state index contributed by atoms with van der Waals surface area (Å²) >= 11 is 0. The highest BCUT2D eigenvalue weighted by Crippen LogP contribution is 2.33. The van der Waals surface area contributed by atoms with E-state index < -0.39 is 0 Å². The first-order valence-electron chi connectivity index (χ1n) is 9.50. The van der Waals surface area contributed by atoms with Crippen LogP contribution < -0.4 is 4.74 Å². The van der Waals surface area contributed by atoms with Gasteiger partial charge in [0.15, 0.2) is 0 Å². The van der Waals surface area contributed by atoms with Crippen molar-refractivity contribution in [1.29, 1.82) is 0 Å². The number of hydrogen-bond donors (Lipinski definition) is 0. The normalized spacial score (nSPS) is 21.9. The number of ether oxygens (including phenoxy) is 1. The molecule has 2 aromatic rings. The molecule has 27 heavy (non-hydrogen) atoms. The number of carbonyl (C=O) groups is 1. The molecule has 2 fully saturated rings. The van der Waals surface area contributed by atoms with Crippen LogP contribution in [-0.2, 0) is 6.54 Å². The highest BCUT2D eigenvalue weighted by molar-refractivity contribution is 5.94. The third kappa shape index (κ3) is 3.88. The van der Waals surface area contributed by atoms with E-state index in [2.05, 4.69) is 27.4 Å². The summed E-state index contributed by atoms with van der Waals surface area (Å²) in [5.74, 6) is 1.45. The Morgan fingerprint density at radius 1 is 1.26 bits per heavy atom. The summed E-state index contributed by atoms with van der Waals surface area (Å²) in [5, 5.41) is 0. The van der Waals surface area contributed by atoms with Crippen molar-refractivity contribution in [2.45, 2.75) is 19.0 Å². The minimum absolute atomic E-state index is 0.126. The summed E-state index contributed by atoms with van der Waals surface area (Å²) in [4.78, 5) is 21.7. The van der Waals surface area contributed by atoms with E-state index in [1.54, 1.807) is 12.3 Å². The fourth-order valence-corrected chi connectivity index (χ4v) is 4.19. The molecule has 0 aliphatic carbocycles. The Balaban J connectivity index is 1.39. The average Bonchev–Trinajstić information content (AvgIpc) is 3.27. The molecule has 1 amide bonds. The number of nitrogens with zero attached hydrogens (tertiary/aromatic N) is 3. The number of rotatable bonds is 6. The molecular weight excluding hydrogens is 338 g/mol. The monoisotopic (exact) mass is 363 g/mol. The molecule has 0 spiro atoms. The van der Waals surface area contributed by atoms with E-state index in [0.717, 1.165) is 43.9 Å². The quantitative estimate of drug-likeness (QED) is 0.740. The fourth-order valence-electron chi connectivity index (χ4n) is 4.19. The summed E-state index contributed by atoms with van der Waals surface area (Å²) in [7, 11) is 0. The molecule has 2 saturated heterocycles. The van der Waals surface area contributed by atoms with Crippen LogP contribution in [0.5, 0.6) is 5.75 Å². The Kier molecular flexibility index (Phi) is 5.21. The lowest BCUT2D eigenvalue weighted by atomic mass is 10.0. The van der Waals surface area contributed by atoms with Crippen LogP contribution in [-0.4, -0.2) is 53.0 Å². The minimum Gasteiger partial charge on any atom is -0.490 e. The standard InChI is InChI=1S/C22H25N3O2/c1-2-12-27-20-7-5-18(6-8-20)22(26)25-11-9-19-15-24(16-21(19)25)14-17-4-3-10-23-13-17/h2-8,10,13,19,21H,1,9,11-12,14-16H2/t19-,21+/m0/s1. The van der Waals surface area contributed by atoms with E-state index >= 15 is 0 Å². The molecule has 2 aliphatic heterocycles. The molecule has 3 heterocycles. The van der Waals surface area contributed by atoms with Crippen molar-refractivity contribution in [2.24, 2.45) is 5.92 Å². The lowest BCUT2D eigenvalue weighted by Crippen LogP contribution is -2.39. The lowest BCUT2D eigenvalue weighted by Gasteiger charge is -2.25. The van der Waals surface area contributed by atoms with E-state index in [1.165, 1.54) is 5.56 Å². The van der Waals surface area contributed by atoms with Crippen LogP contribution in [0.15, 0.2) is 61.4 Å².